The summed E-state index contributed by atoms with van der Waals surface area (Å²) >= 11 is 0. The van der Waals surface area contributed by atoms with E-state index in [1.807, 2.05) is 0 Å². The molecule has 0 spiro atoms. The molecule has 0 amide bonds. The molecule has 5 atom stereocenters. The number of phosphoric ester groups is 2. The van der Waals surface area contributed by atoms with Crippen LogP contribution in [0.2, 0.25) is 0 Å². The number of rotatable bonds is 72. The first-order valence-corrected chi connectivity index (χ1v) is 41.3. The standard InChI is InChI=1S/C74H144O17P2/c1-8-9-10-11-12-13-14-15-16-17-18-21-28-35-43-50-57-73(78)90-69(61-84-71(76)55-48-41-34-27-22-19-20-25-31-38-45-52-65(2)3)63-88-92(80,81)86-59-68(75)60-87-93(82,83)89-64-70(62-85-72(77)56-49-42-37-30-33-40-47-54-67(6)7)91-74(79)58-51-44-36-29-24-23-26-32-39-46-53-66(4)5/h65-70,75H,8-64H2,1-7H3,(H,80,81)(H,82,83)/t68-,69-,70-/m1/s1. The van der Waals surface area contributed by atoms with Gasteiger partial charge in [-0.05, 0) is 43.4 Å². The highest BCUT2D eigenvalue weighted by Crippen LogP contribution is 2.45. The molecule has 0 saturated heterocycles. The Labute approximate surface area is 568 Å². The third kappa shape index (κ3) is 68.4. The molecule has 0 bridgehead atoms. The number of aliphatic hydroxyl groups excluding tert-OH is 1. The molecule has 2 unspecified atom stereocenters. The SMILES string of the molecule is CCCCCCCCCCCCCCCCCCC(=O)O[C@H](COC(=O)CCCCCCCCCCCCCC(C)C)COP(=O)(O)OC[C@@H](O)COP(=O)(O)OC[C@@H](COC(=O)CCCCCCCCCC(C)C)OC(=O)CCCCCCCCCCCCC(C)C. The number of aliphatic hydroxyl groups is 1. The van der Waals surface area contributed by atoms with Gasteiger partial charge < -0.3 is 33.8 Å². The highest BCUT2D eigenvalue weighted by molar-refractivity contribution is 7.47. The number of carbonyl (C=O) groups excluding carboxylic acids is 4. The number of hydrogen-bond acceptors (Lipinski definition) is 15. The quantitative estimate of drug-likeness (QED) is 0.0222. The first kappa shape index (κ1) is 91.1. The highest BCUT2D eigenvalue weighted by Gasteiger charge is 2.30. The van der Waals surface area contributed by atoms with Crippen LogP contribution in [0.15, 0.2) is 0 Å². The van der Waals surface area contributed by atoms with Crippen LogP contribution in [0.5, 0.6) is 0 Å². The predicted octanol–water partition coefficient (Wildman–Crippen LogP) is 21.4. The van der Waals surface area contributed by atoms with Gasteiger partial charge in [0.05, 0.1) is 26.4 Å². The molecule has 0 aliphatic rings. The Morgan fingerprint density at radius 3 is 0.731 bits per heavy atom. The van der Waals surface area contributed by atoms with Crippen LogP contribution >= 0.6 is 15.6 Å². The summed E-state index contributed by atoms with van der Waals surface area (Å²) in [4.78, 5) is 72.7. The van der Waals surface area contributed by atoms with Gasteiger partial charge in [-0.2, -0.15) is 0 Å². The summed E-state index contributed by atoms with van der Waals surface area (Å²) in [5, 5.41) is 10.6. The van der Waals surface area contributed by atoms with Crippen LogP contribution in [0.3, 0.4) is 0 Å². The van der Waals surface area contributed by atoms with Crippen LogP contribution in [0.25, 0.3) is 0 Å². The van der Waals surface area contributed by atoms with Crippen molar-refractivity contribution in [1.82, 2.24) is 0 Å². The number of unbranched alkanes of at least 4 members (excludes halogenated alkanes) is 40. The van der Waals surface area contributed by atoms with Crippen molar-refractivity contribution in [3.8, 4) is 0 Å². The van der Waals surface area contributed by atoms with E-state index in [2.05, 4.69) is 48.5 Å². The minimum atomic E-state index is -4.96. The van der Waals surface area contributed by atoms with Gasteiger partial charge in [-0.25, -0.2) is 9.13 Å². The lowest BCUT2D eigenvalue weighted by atomic mass is 10.0. The maximum atomic E-state index is 13.1. The first-order chi connectivity index (χ1) is 44.7. The minimum absolute atomic E-state index is 0.105. The molecular formula is C74H144O17P2. The number of carbonyl (C=O) groups is 4. The first-order valence-electron chi connectivity index (χ1n) is 38.3. The van der Waals surface area contributed by atoms with Gasteiger partial charge in [0, 0.05) is 25.7 Å². The fourth-order valence-corrected chi connectivity index (χ4v) is 12.8. The van der Waals surface area contributed by atoms with E-state index in [1.54, 1.807) is 0 Å². The monoisotopic (exact) mass is 1370 g/mol. The lowest BCUT2D eigenvalue weighted by Crippen LogP contribution is -2.30. The topological polar surface area (TPSA) is 237 Å². The largest absolute Gasteiger partial charge is 0.472 e. The van der Waals surface area contributed by atoms with Crippen LogP contribution in [-0.2, 0) is 65.4 Å². The Kier molecular flexibility index (Phi) is 63.4. The van der Waals surface area contributed by atoms with Gasteiger partial charge >= 0.3 is 39.5 Å². The van der Waals surface area contributed by atoms with Gasteiger partial charge in [-0.15, -0.1) is 0 Å². The fourth-order valence-electron chi connectivity index (χ4n) is 11.2. The van der Waals surface area contributed by atoms with E-state index < -0.39 is 97.5 Å². The maximum absolute atomic E-state index is 13.1. The normalized spacial score (nSPS) is 14.1. The third-order valence-electron chi connectivity index (χ3n) is 17.1. The number of phosphoric acid groups is 2. The van der Waals surface area contributed by atoms with Gasteiger partial charge in [0.25, 0.3) is 0 Å². The van der Waals surface area contributed by atoms with Crippen molar-refractivity contribution < 1.29 is 80.2 Å². The average Bonchev–Trinajstić information content (AvgIpc) is 1.55. The van der Waals surface area contributed by atoms with Crippen molar-refractivity contribution in [3.05, 3.63) is 0 Å². The van der Waals surface area contributed by atoms with E-state index in [4.69, 9.17) is 37.0 Å². The Hall–Kier alpha value is -1.94. The summed E-state index contributed by atoms with van der Waals surface area (Å²) in [6.07, 6.45) is 50.0. The van der Waals surface area contributed by atoms with E-state index in [9.17, 15) is 43.2 Å². The van der Waals surface area contributed by atoms with Crippen molar-refractivity contribution in [2.45, 2.75) is 394 Å². The number of ether oxygens (including phenoxy) is 4. The molecule has 0 saturated carbocycles. The van der Waals surface area contributed by atoms with Crippen molar-refractivity contribution in [2.24, 2.45) is 17.8 Å². The van der Waals surface area contributed by atoms with Crippen molar-refractivity contribution in [3.63, 3.8) is 0 Å². The summed E-state index contributed by atoms with van der Waals surface area (Å²) < 4.78 is 68.5. The fraction of sp³-hybridized carbons (Fsp3) is 0.946. The molecule has 17 nitrogen and oxygen atoms in total. The minimum Gasteiger partial charge on any atom is -0.462 e. The predicted molar refractivity (Wildman–Crippen MR) is 377 cm³/mol. The lowest BCUT2D eigenvalue weighted by Gasteiger charge is -2.21. The maximum Gasteiger partial charge on any atom is 0.472 e. The van der Waals surface area contributed by atoms with Crippen molar-refractivity contribution in [1.29, 1.82) is 0 Å². The molecule has 0 aromatic rings. The molecule has 19 heteroatoms. The van der Waals surface area contributed by atoms with Crippen LogP contribution in [0.1, 0.15) is 376 Å². The summed E-state index contributed by atoms with van der Waals surface area (Å²) in [5.41, 5.74) is 0. The Bertz CT molecular complexity index is 1820. The molecule has 0 fully saturated rings. The second-order valence-corrected chi connectivity index (χ2v) is 31.0. The zero-order valence-corrected chi connectivity index (χ0v) is 62.5. The van der Waals surface area contributed by atoms with Crippen LogP contribution < -0.4 is 0 Å². The average molecular weight is 1370 g/mol. The van der Waals surface area contributed by atoms with E-state index in [1.165, 1.54) is 180 Å². The van der Waals surface area contributed by atoms with Gasteiger partial charge in [0.15, 0.2) is 12.2 Å². The van der Waals surface area contributed by atoms with Gasteiger partial charge in [0.1, 0.15) is 19.3 Å². The summed E-state index contributed by atoms with van der Waals surface area (Å²) in [6.45, 7) is 11.8. The third-order valence-corrected chi connectivity index (χ3v) is 19.0. The molecule has 0 heterocycles. The van der Waals surface area contributed by atoms with E-state index in [0.29, 0.717) is 31.6 Å². The van der Waals surface area contributed by atoms with Gasteiger partial charge in [-0.1, -0.05) is 325 Å². The molecule has 3 N–H and O–H groups in total. The molecular weight excluding hydrogens is 1220 g/mol. The summed E-state index contributed by atoms with van der Waals surface area (Å²) in [5.74, 6) is 0.108. The number of hydrogen-bond donors (Lipinski definition) is 3. The molecule has 93 heavy (non-hydrogen) atoms. The zero-order valence-electron chi connectivity index (χ0n) is 60.7. The highest BCUT2D eigenvalue weighted by atomic mass is 31.2. The zero-order chi connectivity index (χ0) is 68.7. The van der Waals surface area contributed by atoms with E-state index in [0.717, 1.165) is 108 Å². The smallest absolute Gasteiger partial charge is 0.462 e. The summed E-state index contributed by atoms with van der Waals surface area (Å²) in [6, 6.07) is 0. The van der Waals surface area contributed by atoms with Gasteiger partial charge in [0.2, 0.25) is 0 Å². The van der Waals surface area contributed by atoms with Crippen molar-refractivity contribution in [2.75, 3.05) is 39.6 Å². The Morgan fingerprint density at radius 1 is 0.290 bits per heavy atom. The van der Waals surface area contributed by atoms with Crippen LogP contribution in [-0.4, -0.2) is 96.7 Å². The van der Waals surface area contributed by atoms with Crippen LogP contribution in [0, 0.1) is 17.8 Å². The Morgan fingerprint density at radius 2 is 0.495 bits per heavy atom. The molecule has 0 aliphatic heterocycles. The molecule has 0 aromatic heterocycles. The van der Waals surface area contributed by atoms with Crippen LogP contribution in [0.4, 0.5) is 0 Å². The molecule has 0 aromatic carbocycles. The molecule has 0 rings (SSSR count). The molecule has 0 aliphatic carbocycles. The number of esters is 4. The lowest BCUT2D eigenvalue weighted by molar-refractivity contribution is -0.161. The summed E-state index contributed by atoms with van der Waals surface area (Å²) in [7, 11) is -9.91. The Balaban J connectivity index is 5.26. The van der Waals surface area contributed by atoms with E-state index in [-0.39, 0.29) is 25.7 Å². The molecule has 552 valence electrons. The molecule has 0 radical (unpaired) electrons. The van der Waals surface area contributed by atoms with E-state index >= 15 is 0 Å². The van der Waals surface area contributed by atoms with Gasteiger partial charge in [-0.3, -0.25) is 37.3 Å². The second-order valence-electron chi connectivity index (χ2n) is 28.1. The van der Waals surface area contributed by atoms with Crippen molar-refractivity contribution >= 4 is 39.5 Å². The second kappa shape index (κ2) is 64.7.